The molecule has 1 fully saturated rings. The largest absolute Gasteiger partial charge is 0.355 e. The van der Waals surface area contributed by atoms with Gasteiger partial charge in [-0.05, 0) is 36.2 Å². The highest BCUT2D eigenvalue weighted by atomic mass is 35.5. The van der Waals surface area contributed by atoms with Crippen LogP contribution in [-0.2, 0) is 11.2 Å². The summed E-state index contributed by atoms with van der Waals surface area (Å²) in [5.41, 5.74) is 1.88. The van der Waals surface area contributed by atoms with E-state index < -0.39 is 0 Å². The molecule has 0 saturated carbocycles. The molecule has 0 aliphatic carbocycles. The highest BCUT2D eigenvalue weighted by molar-refractivity contribution is 6.30. The average molecular weight is 348 g/mol. The summed E-state index contributed by atoms with van der Waals surface area (Å²) in [6, 6.07) is 10.0. The van der Waals surface area contributed by atoms with Crippen molar-refractivity contribution in [1.29, 1.82) is 0 Å². The Labute approximate surface area is 145 Å². The molecule has 2 aromatic rings. The van der Waals surface area contributed by atoms with Crippen LogP contribution in [-0.4, -0.2) is 30.5 Å². The summed E-state index contributed by atoms with van der Waals surface area (Å²) in [6.45, 7) is 1.89. The van der Waals surface area contributed by atoms with Crippen molar-refractivity contribution in [1.82, 2.24) is 15.6 Å². The van der Waals surface area contributed by atoms with Gasteiger partial charge in [0.2, 0.25) is 5.91 Å². The Morgan fingerprint density at radius 2 is 2.04 bits per heavy atom. The zero-order valence-corrected chi connectivity index (χ0v) is 13.9. The molecule has 1 aromatic carbocycles. The molecule has 0 bridgehead atoms. The number of hydrogen-bond donors (Lipinski definition) is 2. The smallest absolute Gasteiger partial charge is 0.225 e. The van der Waals surface area contributed by atoms with E-state index in [9.17, 15) is 9.18 Å². The summed E-state index contributed by atoms with van der Waals surface area (Å²) in [5.74, 6) is -0.332. The van der Waals surface area contributed by atoms with Crippen LogP contribution in [0.1, 0.15) is 17.2 Å². The lowest BCUT2D eigenvalue weighted by Gasteiger charge is -2.18. The number of nitrogens with zero attached hydrogens (tertiary/aromatic N) is 1. The molecule has 24 heavy (non-hydrogen) atoms. The molecule has 1 saturated heterocycles. The zero-order valence-electron chi connectivity index (χ0n) is 13.1. The van der Waals surface area contributed by atoms with Gasteiger partial charge in [-0.25, -0.2) is 4.39 Å². The maximum absolute atomic E-state index is 12.9. The van der Waals surface area contributed by atoms with Crippen LogP contribution in [0.15, 0.2) is 42.6 Å². The van der Waals surface area contributed by atoms with Crippen molar-refractivity contribution in [3.05, 3.63) is 64.7 Å². The summed E-state index contributed by atoms with van der Waals surface area (Å²) < 4.78 is 12.9. The van der Waals surface area contributed by atoms with Gasteiger partial charge in [0.05, 0.1) is 10.9 Å². The van der Waals surface area contributed by atoms with E-state index in [4.69, 9.17) is 11.6 Å². The fourth-order valence-corrected chi connectivity index (χ4v) is 3.10. The molecule has 2 atom stereocenters. The second-order valence-corrected chi connectivity index (χ2v) is 6.38. The van der Waals surface area contributed by atoms with E-state index in [0.29, 0.717) is 24.5 Å². The van der Waals surface area contributed by atoms with Gasteiger partial charge in [0, 0.05) is 37.4 Å². The lowest BCUT2D eigenvalue weighted by Crippen LogP contribution is -2.35. The fourth-order valence-electron chi connectivity index (χ4n) is 2.98. The van der Waals surface area contributed by atoms with Crippen LogP contribution in [0.25, 0.3) is 0 Å². The monoisotopic (exact) mass is 347 g/mol. The molecule has 2 heterocycles. The first-order valence-corrected chi connectivity index (χ1v) is 8.35. The van der Waals surface area contributed by atoms with Gasteiger partial charge < -0.3 is 10.6 Å². The molecule has 1 aliphatic rings. The van der Waals surface area contributed by atoms with Crippen LogP contribution in [0.4, 0.5) is 4.39 Å². The van der Waals surface area contributed by atoms with Crippen LogP contribution in [0.5, 0.6) is 0 Å². The molecule has 126 valence electrons. The van der Waals surface area contributed by atoms with Gasteiger partial charge in [0.25, 0.3) is 0 Å². The minimum Gasteiger partial charge on any atom is -0.355 e. The maximum atomic E-state index is 12.9. The predicted molar refractivity (Wildman–Crippen MR) is 91.5 cm³/mol. The van der Waals surface area contributed by atoms with E-state index in [1.54, 1.807) is 24.4 Å². The van der Waals surface area contributed by atoms with Crippen molar-refractivity contribution in [2.75, 3.05) is 19.6 Å². The predicted octanol–water partition coefficient (Wildman–Crippen LogP) is 2.54. The Balaban J connectivity index is 1.55. The summed E-state index contributed by atoms with van der Waals surface area (Å²) in [7, 11) is 0. The van der Waals surface area contributed by atoms with E-state index in [1.165, 1.54) is 12.1 Å². The van der Waals surface area contributed by atoms with Crippen molar-refractivity contribution >= 4 is 17.5 Å². The molecule has 1 aromatic heterocycles. The Morgan fingerprint density at radius 3 is 2.75 bits per heavy atom. The second-order valence-electron chi connectivity index (χ2n) is 5.94. The third kappa shape index (κ3) is 4.10. The molecular formula is C18H19ClFN3O. The molecular weight excluding hydrogens is 329 g/mol. The molecule has 0 radical (unpaired) electrons. The molecule has 4 nitrogen and oxygen atoms in total. The first kappa shape index (κ1) is 16.9. The third-order valence-corrected chi connectivity index (χ3v) is 4.53. The normalized spacial score (nSPS) is 20.1. The molecule has 0 spiro atoms. The molecule has 3 rings (SSSR count). The van der Waals surface area contributed by atoms with E-state index in [1.807, 2.05) is 6.07 Å². The van der Waals surface area contributed by atoms with Gasteiger partial charge in [-0.2, -0.15) is 0 Å². The molecule has 6 heteroatoms. The van der Waals surface area contributed by atoms with Crippen molar-refractivity contribution in [2.24, 2.45) is 5.92 Å². The zero-order chi connectivity index (χ0) is 16.9. The number of nitrogens with one attached hydrogen (secondary N) is 2. The lowest BCUT2D eigenvalue weighted by atomic mass is 9.91. The first-order chi connectivity index (χ1) is 11.6. The number of carbonyl (C=O) groups is 1. The topological polar surface area (TPSA) is 54.0 Å². The average Bonchev–Trinajstić information content (AvgIpc) is 3.07. The Hall–Kier alpha value is -1.98. The van der Waals surface area contributed by atoms with Gasteiger partial charge in [-0.3, -0.25) is 9.78 Å². The van der Waals surface area contributed by atoms with Crippen LogP contribution < -0.4 is 10.6 Å². The maximum Gasteiger partial charge on any atom is 0.225 e. The molecule has 1 amide bonds. The number of halogens is 2. The van der Waals surface area contributed by atoms with Crippen molar-refractivity contribution in [3.8, 4) is 0 Å². The van der Waals surface area contributed by atoms with E-state index in [2.05, 4.69) is 15.6 Å². The Kier molecular flexibility index (Phi) is 5.43. The Morgan fingerprint density at radius 1 is 1.25 bits per heavy atom. The van der Waals surface area contributed by atoms with Gasteiger partial charge in [-0.1, -0.05) is 23.7 Å². The SMILES string of the molecule is O=C(NCCc1ccc(F)cc1)[C@@H]1CNC[C@H]1c1ccc(Cl)cn1. The summed E-state index contributed by atoms with van der Waals surface area (Å²) in [4.78, 5) is 16.8. The molecule has 0 unspecified atom stereocenters. The minimum absolute atomic E-state index is 0.0175. The van der Waals surface area contributed by atoms with E-state index in [0.717, 1.165) is 17.8 Å². The van der Waals surface area contributed by atoms with Crippen molar-refractivity contribution < 1.29 is 9.18 Å². The quantitative estimate of drug-likeness (QED) is 0.874. The number of rotatable bonds is 5. The summed E-state index contributed by atoms with van der Waals surface area (Å²) in [5, 5.41) is 6.82. The Bertz CT molecular complexity index is 690. The summed E-state index contributed by atoms with van der Waals surface area (Å²) in [6.07, 6.45) is 2.29. The van der Waals surface area contributed by atoms with E-state index >= 15 is 0 Å². The standard InChI is InChI=1S/C18H19ClFN3O/c19-13-3-6-17(23-9-13)15-10-21-11-16(15)18(24)22-8-7-12-1-4-14(20)5-2-12/h1-6,9,15-16,21H,7-8,10-11H2,(H,22,24)/t15-,16-/m1/s1. The molecule has 1 aliphatic heterocycles. The highest BCUT2D eigenvalue weighted by Crippen LogP contribution is 2.27. The lowest BCUT2D eigenvalue weighted by molar-refractivity contribution is -0.124. The highest BCUT2D eigenvalue weighted by Gasteiger charge is 2.34. The van der Waals surface area contributed by atoms with Gasteiger partial charge in [0.1, 0.15) is 5.82 Å². The number of carbonyl (C=O) groups excluding carboxylic acids is 1. The van der Waals surface area contributed by atoms with Crippen LogP contribution in [0.3, 0.4) is 0 Å². The molecule has 2 N–H and O–H groups in total. The fraction of sp³-hybridized carbons (Fsp3) is 0.333. The third-order valence-electron chi connectivity index (χ3n) is 4.31. The van der Waals surface area contributed by atoms with Gasteiger partial charge >= 0.3 is 0 Å². The number of benzene rings is 1. The number of hydrogen-bond acceptors (Lipinski definition) is 3. The minimum atomic E-state index is -0.252. The van der Waals surface area contributed by atoms with Crippen molar-refractivity contribution in [2.45, 2.75) is 12.3 Å². The summed E-state index contributed by atoms with van der Waals surface area (Å²) >= 11 is 5.87. The number of amides is 1. The number of aromatic nitrogens is 1. The van der Waals surface area contributed by atoms with Crippen molar-refractivity contribution in [3.63, 3.8) is 0 Å². The first-order valence-electron chi connectivity index (χ1n) is 7.98. The second kappa shape index (κ2) is 7.73. The van der Waals surface area contributed by atoms with Crippen LogP contribution in [0, 0.1) is 11.7 Å². The van der Waals surface area contributed by atoms with E-state index in [-0.39, 0.29) is 23.6 Å². The number of pyridine rings is 1. The van der Waals surface area contributed by atoms with Gasteiger partial charge in [-0.15, -0.1) is 0 Å². The van der Waals surface area contributed by atoms with Gasteiger partial charge in [0.15, 0.2) is 0 Å². The van der Waals surface area contributed by atoms with Crippen LogP contribution >= 0.6 is 11.6 Å². The van der Waals surface area contributed by atoms with Crippen LogP contribution in [0.2, 0.25) is 5.02 Å².